The number of imide groups is 1. The van der Waals surface area contributed by atoms with Gasteiger partial charge >= 0.3 is 12.0 Å². The number of carbonyl (C=O) groups excluding carboxylic acids is 2. The molecule has 0 heterocycles. The first-order chi connectivity index (χ1) is 9.36. The lowest BCUT2D eigenvalue weighted by atomic mass is 10.2. The molecule has 0 aromatic rings. The van der Waals surface area contributed by atoms with Crippen LogP contribution in [0.1, 0.15) is 40.0 Å². The largest absolute Gasteiger partial charge is 0.481 e. The summed E-state index contributed by atoms with van der Waals surface area (Å²) < 4.78 is 0. The van der Waals surface area contributed by atoms with Crippen LogP contribution in [0.3, 0.4) is 0 Å². The van der Waals surface area contributed by atoms with Crippen molar-refractivity contribution in [1.29, 1.82) is 0 Å². The van der Waals surface area contributed by atoms with Crippen molar-refractivity contribution in [2.24, 2.45) is 0 Å². The summed E-state index contributed by atoms with van der Waals surface area (Å²) in [4.78, 5) is 35.3. The summed E-state index contributed by atoms with van der Waals surface area (Å²) in [5, 5.41) is 13.5. The molecule has 116 valence electrons. The number of carboxylic acids is 1. The number of hydrogen-bond donors (Lipinski definition) is 3. The Labute approximate surface area is 119 Å². The molecule has 0 unspecified atom stereocenters. The monoisotopic (exact) mass is 287 g/mol. The van der Waals surface area contributed by atoms with Gasteiger partial charge in [-0.15, -0.1) is 0 Å². The zero-order chi connectivity index (χ0) is 15.5. The standard InChI is InChI=1S/C13H25N3O4/c1-4-5-7-14-13(20)15-11(17)9-16(10(2)3)8-6-12(18)19/h10H,4-9H2,1-3H3,(H,18,19)(H2,14,15,17,20). The van der Waals surface area contributed by atoms with E-state index in [9.17, 15) is 14.4 Å². The second-order valence-corrected chi connectivity index (χ2v) is 4.87. The van der Waals surface area contributed by atoms with E-state index in [0.717, 1.165) is 12.8 Å². The van der Waals surface area contributed by atoms with Gasteiger partial charge in [0.25, 0.3) is 0 Å². The Bertz CT molecular complexity index is 332. The summed E-state index contributed by atoms with van der Waals surface area (Å²) in [6, 6.07) is -0.478. The van der Waals surface area contributed by atoms with Crippen LogP contribution in [-0.2, 0) is 9.59 Å². The number of unbranched alkanes of at least 4 members (excludes halogenated alkanes) is 1. The molecule has 0 rings (SSSR count). The Kier molecular flexibility index (Phi) is 9.36. The zero-order valence-electron chi connectivity index (χ0n) is 12.4. The van der Waals surface area contributed by atoms with Crippen molar-refractivity contribution >= 4 is 17.9 Å². The van der Waals surface area contributed by atoms with Gasteiger partial charge in [0.15, 0.2) is 0 Å². The molecule has 0 fully saturated rings. The van der Waals surface area contributed by atoms with Crippen LogP contribution in [0.5, 0.6) is 0 Å². The molecule has 3 N–H and O–H groups in total. The molecule has 0 aromatic carbocycles. The Morgan fingerprint density at radius 3 is 2.40 bits per heavy atom. The molecule has 7 nitrogen and oxygen atoms in total. The van der Waals surface area contributed by atoms with Gasteiger partial charge < -0.3 is 10.4 Å². The van der Waals surface area contributed by atoms with E-state index >= 15 is 0 Å². The zero-order valence-corrected chi connectivity index (χ0v) is 12.4. The Hall–Kier alpha value is -1.63. The third-order valence-electron chi connectivity index (χ3n) is 2.76. The van der Waals surface area contributed by atoms with Crippen LogP contribution in [0.2, 0.25) is 0 Å². The van der Waals surface area contributed by atoms with Gasteiger partial charge in [-0.1, -0.05) is 13.3 Å². The maximum Gasteiger partial charge on any atom is 0.321 e. The van der Waals surface area contributed by atoms with Gasteiger partial charge in [0, 0.05) is 19.1 Å². The SMILES string of the molecule is CCCCNC(=O)NC(=O)CN(CCC(=O)O)C(C)C. The summed E-state index contributed by atoms with van der Waals surface area (Å²) >= 11 is 0. The first-order valence-corrected chi connectivity index (χ1v) is 6.90. The van der Waals surface area contributed by atoms with E-state index in [-0.39, 0.29) is 25.6 Å². The molecule has 0 aliphatic carbocycles. The summed E-state index contributed by atoms with van der Waals surface area (Å²) in [6.07, 6.45) is 1.79. The van der Waals surface area contributed by atoms with E-state index in [0.29, 0.717) is 6.54 Å². The van der Waals surface area contributed by atoms with Gasteiger partial charge in [0.1, 0.15) is 0 Å². The van der Waals surface area contributed by atoms with Crippen molar-refractivity contribution in [3.63, 3.8) is 0 Å². The smallest absolute Gasteiger partial charge is 0.321 e. The number of amides is 3. The van der Waals surface area contributed by atoms with Gasteiger partial charge in [0.05, 0.1) is 13.0 Å². The second-order valence-electron chi connectivity index (χ2n) is 4.87. The molecule has 0 bridgehead atoms. The number of carbonyl (C=O) groups is 3. The minimum absolute atomic E-state index is 0.00610. The molecule has 0 aliphatic heterocycles. The predicted molar refractivity (Wildman–Crippen MR) is 75.4 cm³/mol. The molecule has 0 saturated carbocycles. The number of nitrogens with zero attached hydrogens (tertiary/aromatic N) is 1. The number of carboxylic acid groups (broad SMARTS) is 1. The van der Waals surface area contributed by atoms with Crippen LogP contribution < -0.4 is 10.6 Å². The fourth-order valence-electron chi connectivity index (χ4n) is 1.53. The van der Waals surface area contributed by atoms with Crippen LogP contribution in [0.15, 0.2) is 0 Å². The van der Waals surface area contributed by atoms with Gasteiger partial charge in [-0.2, -0.15) is 0 Å². The highest BCUT2D eigenvalue weighted by atomic mass is 16.4. The molecule has 3 amide bonds. The highest BCUT2D eigenvalue weighted by Gasteiger charge is 2.16. The van der Waals surface area contributed by atoms with Crippen LogP contribution in [0.4, 0.5) is 4.79 Å². The van der Waals surface area contributed by atoms with Gasteiger partial charge in [-0.05, 0) is 20.3 Å². The van der Waals surface area contributed by atoms with Crippen molar-refractivity contribution < 1.29 is 19.5 Å². The normalized spacial score (nSPS) is 10.7. The topological polar surface area (TPSA) is 98.7 Å². The molecule has 0 spiro atoms. The highest BCUT2D eigenvalue weighted by molar-refractivity contribution is 5.95. The van der Waals surface area contributed by atoms with Gasteiger partial charge in [-0.25, -0.2) is 4.79 Å². The number of aliphatic carboxylic acids is 1. The minimum atomic E-state index is -0.909. The Balaban J connectivity index is 4.12. The quantitative estimate of drug-likeness (QED) is 0.545. The molecular weight excluding hydrogens is 262 g/mol. The summed E-state index contributed by atoms with van der Waals surface area (Å²) in [7, 11) is 0. The molecular formula is C13H25N3O4. The number of hydrogen-bond acceptors (Lipinski definition) is 4. The molecule has 0 radical (unpaired) electrons. The third kappa shape index (κ3) is 9.32. The lowest BCUT2D eigenvalue weighted by molar-refractivity contribution is -0.138. The van der Waals surface area contributed by atoms with E-state index < -0.39 is 17.9 Å². The first kappa shape index (κ1) is 18.4. The summed E-state index contributed by atoms with van der Waals surface area (Å²) in [5.74, 6) is -1.34. The first-order valence-electron chi connectivity index (χ1n) is 6.90. The average molecular weight is 287 g/mol. The van der Waals surface area contributed by atoms with Crippen LogP contribution in [-0.4, -0.2) is 53.6 Å². The fourth-order valence-corrected chi connectivity index (χ4v) is 1.53. The Morgan fingerprint density at radius 1 is 1.25 bits per heavy atom. The van der Waals surface area contributed by atoms with Crippen LogP contribution in [0, 0.1) is 0 Å². The lowest BCUT2D eigenvalue weighted by Crippen LogP contribution is -2.46. The molecule has 7 heteroatoms. The molecule has 0 aromatic heterocycles. The van der Waals surface area contributed by atoms with Gasteiger partial charge in [-0.3, -0.25) is 19.8 Å². The van der Waals surface area contributed by atoms with Gasteiger partial charge in [0.2, 0.25) is 5.91 Å². The van der Waals surface area contributed by atoms with E-state index in [2.05, 4.69) is 10.6 Å². The molecule has 20 heavy (non-hydrogen) atoms. The maximum absolute atomic E-state index is 11.7. The third-order valence-corrected chi connectivity index (χ3v) is 2.76. The molecule has 0 aliphatic rings. The fraction of sp³-hybridized carbons (Fsp3) is 0.769. The summed E-state index contributed by atoms with van der Waals surface area (Å²) in [6.45, 7) is 6.56. The van der Waals surface area contributed by atoms with Crippen LogP contribution >= 0.6 is 0 Å². The van der Waals surface area contributed by atoms with E-state index in [4.69, 9.17) is 5.11 Å². The Morgan fingerprint density at radius 2 is 1.90 bits per heavy atom. The maximum atomic E-state index is 11.7. The number of nitrogens with one attached hydrogen (secondary N) is 2. The second kappa shape index (κ2) is 10.2. The van der Waals surface area contributed by atoms with E-state index in [1.54, 1.807) is 4.90 Å². The number of rotatable bonds is 9. The van der Waals surface area contributed by atoms with Crippen molar-refractivity contribution in [2.45, 2.75) is 46.1 Å². The van der Waals surface area contributed by atoms with E-state index in [1.165, 1.54) is 0 Å². The highest BCUT2D eigenvalue weighted by Crippen LogP contribution is 1.99. The molecule has 0 saturated heterocycles. The predicted octanol–water partition coefficient (Wildman–Crippen LogP) is 0.797. The van der Waals surface area contributed by atoms with E-state index in [1.807, 2.05) is 20.8 Å². The molecule has 0 atom stereocenters. The van der Waals surface area contributed by atoms with Crippen molar-refractivity contribution in [1.82, 2.24) is 15.5 Å². The summed E-state index contributed by atoms with van der Waals surface area (Å²) in [5.41, 5.74) is 0. The minimum Gasteiger partial charge on any atom is -0.481 e. The van der Waals surface area contributed by atoms with Crippen molar-refractivity contribution in [3.05, 3.63) is 0 Å². The number of urea groups is 1. The van der Waals surface area contributed by atoms with Crippen molar-refractivity contribution in [2.75, 3.05) is 19.6 Å². The van der Waals surface area contributed by atoms with Crippen molar-refractivity contribution in [3.8, 4) is 0 Å². The average Bonchev–Trinajstić information content (AvgIpc) is 2.34. The van der Waals surface area contributed by atoms with Crippen LogP contribution in [0.25, 0.3) is 0 Å². The lowest BCUT2D eigenvalue weighted by Gasteiger charge is -2.24.